The summed E-state index contributed by atoms with van der Waals surface area (Å²) in [7, 11) is 0. The van der Waals surface area contributed by atoms with Crippen LogP contribution < -0.4 is 0 Å². The van der Waals surface area contributed by atoms with E-state index in [0.717, 1.165) is 15.8 Å². The Balaban J connectivity index is 2.32. The first-order valence-electron chi connectivity index (χ1n) is 4.33. The lowest BCUT2D eigenvalue weighted by Crippen LogP contribution is -1.89. The number of fused-ring (bicyclic) bond motifs is 1. The fraction of sp³-hybridized carbons (Fsp3) is 0. The predicted octanol–water partition coefficient (Wildman–Crippen LogP) is 1.88. The Bertz CT molecular complexity index is 598. The zero-order valence-corrected chi connectivity index (χ0v) is 9.14. The zero-order valence-electron chi connectivity index (χ0n) is 7.55. The number of nitrogens with one attached hydrogen (secondary N) is 1. The molecule has 5 nitrogen and oxygen atoms in total. The second-order valence-corrected chi connectivity index (χ2v) is 3.97. The molecule has 0 atom stereocenters. The van der Waals surface area contributed by atoms with Crippen LogP contribution in [0.25, 0.3) is 17.2 Å². The van der Waals surface area contributed by atoms with Crippen LogP contribution in [0.5, 0.6) is 0 Å². The van der Waals surface area contributed by atoms with Crippen molar-refractivity contribution in [1.29, 1.82) is 0 Å². The second-order valence-electron chi connectivity index (χ2n) is 3.05. The first-order chi connectivity index (χ1) is 7.34. The molecule has 0 aromatic carbocycles. The van der Waals surface area contributed by atoms with Gasteiger partial charge in [0, 0.05) is 10.7 Å². The molecule has 1 N–H and O–H groups in total. The first kappa shape index (κ1) is 8.60. The van der Waals surface area contributed by atoms with Crippen LogP contribution in [0.3, 0.4) is 0 Å². The molecule has 0 aliphatic carbocycles. The van der Waals surface area contributed by atoms with Gasteiger partial charge in [0.05, 0.1) is 6.20 Å². The molecule has 0 spiro atoms. The summed E-state index contributed by atoms with van der Waals surface area (Å²) in [5.41, 5.74) is 1.77. The minimum Gasteiger partial charge on any atom is -0.296 e. The van der Waals surface area contributed by atoms with Gasteiger partial charge in [-0.2, -0.15) is 5.10 Å². The molecule has 74 valence electrons. The summed E-state index contributed by atoms with van der Waals surface area (Å²) in [5.74, 6) is 0.709. The average Bonchev–Trinajstić information content (AvgIpc) is 2.83. The number of halogens is 1. The van der Waals surface area contributed by atoms with E-state index in [2.05, 4.69) is 36.1 Å². The molecule has 0 unspecified atom stereocenters. The summed E-state index contributed by atoms with van der Waals surface area (Å²) >= 11 is 3.42. The molecule has 0 bridgehead atoms. The largest absolute Gasteiger partial charge is 0.296 e. The fourth-order valence-corrected chi connectivity index (χ4v) is 1.80. The van der Waals surface area contributed by atoms with Gasteiger partial charge in [-0.15, -0.1) is 0 Å². The molecule has 0 aliphatic rings. The summed E-state index contributed by atoms with van der Waals surface area (Å²) in [6, 6.07) is 3.89. The highest BCUT2D eigenvalue weighted by molar-refractivity contribution is 9.10. The van der Waals surface area contributed by atoms with E-state index in [-0.39, 0.29) is 0 Å². The summed E-state index contributed by atoms with van der Waals surface area (Å²) < 4.78 is 2.94. The van der Waals surface area contributed by atoms with Gasteiger partial charge in [-0.1, -0.05) is 0 Å². The van der Waals surface area contributed by atoms with E-state index < -0.39 is 0 Å². The van der Waals surface area contributed by atoms with Crippen LogP contribution in [0.2, 0.25) is 0 Å². The highest BCUT2D eigenvalue weighted by atomic mass is 79.9. The molecule has 0 saturated heterocycles. The zero-order chi connectivity index (χ0) is 10.3. The quantitative estimate of drug-likeness (QED) is 0.730. The maximum absolute atomic E-state index is 4.27. The topological polar surface area (TPSA) is 58.9 Å². The Hall–Kier alpha value is -1.69. The summed E-state index contributed by atoms with van der Waals surface area (Å²) in [4.78, 5) is 8.37. The Kier molecular flexibility index (Phi) is 1.81. The van der Waals surface area contributed by atoms with Crippen LogP contribution in [-0.4, -0.2) is 24.6 Å². The molecule has 3 aromatic heterocycles. The van der Waals surface area contributed by atoms with Gasteiger partial charge in [0.15, 0.2) is 5.82 Å². The van der Waals surface area contributed by atoms with Gasteiger partial charge in [0.1, 0.15) is 17.7 Å². The van der Waals surface area contributed by atoms with E-state index in [1.54, 1.807) is 6.20 Å². The van der Waals surface area contributed by atoms with Gasteiger partial charge in [-0.25, -0.2) is 9.97 Å². The van der Waals surface area contributed by atoms with Crippen LogP contribution in [-0.2, 0) is 0 Å². The van der Waals surface area contributed by atoms with Crippen LogP contribution in [0.4, 0.5) is 0 Å². The molecule has 0 fully saturated rings. The van der Waals surface area contributed by atoms with Crippen molar-refractivity contribution in [2.24, 2.45) is 0 Å². The smallest absolute Gasteiger partial charge is 0.174 e. The Morgan fingerprint density at radius 3 is 3.00 bits per heavy atom. The molecule has 15 heavy (non-hydrogen) atoms. The number of imidazole rings is 1. The maximum Gasteiger partial charge on any atom is 0.174 e. The molecule has 0 saturated carbocycles. The number of H-pyrrole nitrogens is 1. The fourth-order valence-electron chi connectivity index (χ4n) is 1.46. The van der Waals surface area contributed by atoms with Crippen molar-refractivity contribution in [3.63, 3.8) is 0 Å². The number of aromatic amines is 1. The number of rotatable bonds is 1. The molecule has 0 amide bonds. The van der Waals surface area contributed by atoms with Gasteiger partial charge in [-0.05, 0) is 28.1 Å². The van der Waals surface area contributed by atoms with E-state index in [0.29, 0.717) is 5.82 Å². The van der Waals surface area contributed by atoms with Crippen LogP contribution in [0.1, 0.15) is 0 Å². The molecule has 6 heteroatoms. The van der Waals surface area contributed by atoms with Crippen LogP contribution in [0.15, 0.2) is 35.3 Å². The standard InChI is InChI=1S/C9H6BrN5/c10-6-1-2-8-11-3-7(15(8)4-6)9-12-5-13-14-9/h1-5H,(H,12,13,14). The minimum absolute atomic E-state index is 0.709. The summed E-state index contributed by atoms with van der Waals surface area (Å²) in [5, 5.41) is 6.63. The average molecular weight is 264 g/mol. The maximum atomic E-state index is 4.27. The van der Waals surface area contributed by atoms with Crippen molar-refractivity contribution in [2.75, 3.05) is 0 Å². The van der Waals surface area contributed by atoms with Gasteiger partial charge in [0.2, 0.25) is 0 Å². The highest BCUT2D eigenvalue weighted by Crippen LogP contribution is 2.18. The van der Waals surface area contributed by atoms with E-state index in [1.165, 1.54) is 6.33 Å². The lowest BCUT2D eigenvalue weighted by molar-refractivity contribution is 1.07. The van der Waals surface area contributed by atoms with Crippen molar-refractivity contribution < 1.29 is 0 Å². The molecular weight excluding hydrogens is 258 g/mol. The van der Waals surface area contributed by atoms with Gasteiger partial charge in [0.25, 0.3) is 0 Å². The van der Waals surface area contributed by atoms with E-state index in [9.17, 15) is 0 Å². The third kappa shape index (κ3) is 1.33. The lowest BCUT2D eigenvalue weighted by atomic mass is 10.4. The molecule has 3 rings (SSSR count). The number of hydrogen-bond donors (Lipinski definition) is 1. The predicted molar refractivity (Wildman–Crippen MR) is 58.3 cm³/mol. The van der Waals surface area contributed by atoms with E-state index >= 15 is 0 Å². The summed E-state index contributed by atoms with van der Waals surface area (Å²) in [6.07, 6.45) is 5.19. The number of nitrogens with zero attached hydrogens (tertiary/aromatic N) is 4. The Morgan fingerprint density at radius 2 is 2.20 bits per heavy atom. The van der Waals surface area contributed by atoms with E-state index in [4.69, 9.17) is 0 Å². The number of aromatic nitrogens is 5. The van der Waals surface area contributed by atoms with Gasteiger partial charge < -0.3 is 0 Å². The van der Waals surface area contributed by atoms with Gasteiger partial charge >= 0.3 is 0 Å². The third-order valence-corrected chi connectivity index (χ3v) is 2.60. The Labute approximate surface area is 93.3 Å². The first-order valence-corrected chi connectivity index (χ1v) is 5.12. The SMILES string of the molecule is Brc1ccc2ncc(-c3ncn[nH]3)n2c1. The van der Waals surface area contributed by atoms with Crippen LogP contribution in [0, 0.1) is 0 Å². The molecule has 0 radical (unpaired) electrons. The molecule has 3 heterocycles. The lowest BCUT2D eigenvalue weighted by Gasteiger charge is -1.98. The summed E-state index contributed by atoms with van der Waals surface area (Å²) in [6.45, 7) is 0. The van der Waals surface area contributed by atoms with E-state index in [1.807, 2.05) is 22.7 Å². The minimum atomic E-state index is 0.709. The van der Waals surface area contributed by atoms with Crippen molar-refractivity contribution >= 4 is 21.6 Å². The van der Waals surface area contributed by atoms with Crippen molar-refractivity contribution in [1.82, 2.24) is 24.6 Å². The molecule has 0 aliphatic heterocycles. The molecular formula is C9H6BrN5. The van der Waals surface area contributed by atoms with Crippen molar-refractivity contribution in [2.45, 2.75) is 0 Å². The molecule has 3 aromatic rings. The van der Waals surface area contributed by atoms with Gasteiger partial charge in [-0.3, -0.25) is 9.50 Å². The van der Waals surface area contributed by atoms with Crippen molar-refractivity contribution in [3.05, 3.63) is 35.3 Å². The van der Waals surface area contributed by atoms with Crippen LogP contribution >= 0.6 is 15.9 Å². The van der Waals surface area contributed by atoms with Crippen molar-refractivity contribution in [3.8, 4) is 11.5 Å². The third-order valence-electron chi connectivity index (χ3n) is 2.13. The normalized spacial score (nSPS) is 11.0. The highest BCUT2D eigenvalue weighted by Gasteiger charge is 2.07. The number of pyridine rings is 1. The Morgan fingerprint density at radius 1 is 1.27 bits per heavy atom. The second kappa shape index (κ2) is 3.16. The number of hydrogen-bond acceptors (Lipinski definition) is 3. The monoisotopic (exact) mass is 263 g/mol.